The van der Waals surface area contributed by atoms with Crippen LogP contribution in [0, 0.1) is 0 Å². The number of ether oxygens (including phenoxy) is 2. The predicted octanol–water partition coefficient (Wildman–Crippen LogP) is 3.24. The van der Waals surface area contributed by atoms with E-state index in [1.54, 1.807) is 30.5 Å². The molecular weight excluding hydrogens is 280 g/mol. The topological polar surface area (TPSA) is 60.8 Å². The maximum Gasteiger partial charge on any atom is 0.231 e. The van der Waals surface area contributed by atoms with Gasteiger partial charge in [-0.15, -0.1) is 0 Å². The molecule has 112 valence electrons. The van der Waals surface area contributed by atoms with E-state index in [-0.39, 0.29) is 5.78 Å². The minimum Gasteiger partial charge on any atom is -0.466 e. The fourth-order valence-electron chi connectivity index (χ4n) is 2.19. The van der Waals surface area contributed by atoms with Crippen molar-refractivity contribution in [1.82, 2.24) is 4.98 Å². The van der Waals surface area contributed by atoms with Crippen LogP contribution < -0.4 is 9.47 Å². The highest BCUT2D eigenvalue weighted by Crippen LogP contribution is 2.31. The van der Waals surface area contributed by atoms with Gasteiger partial charge < -0.3 is 9.47 Å². The van der Waals surface area contributed by atoms with Gasteiger partial charge in [0.15, 0.2) is 11.5 Å². The Balaban J connectivity index is 2.05. The Morgan fingerprint density at radius 3 is 2.73 bits per heavy atom. The number of hydrogen-bond acceptors (Lipinski definition) is 5. The van der Waals surface area contributed by atoms with Gasteiger partial charge in [0.1, 0.15) is 5.75 Å². The van der Waals surface area contributed by atoms with Crippen molar-refractivity contribution in [3.63, 3.8) is 0 Å². The number of aromatic nitrogens is 1. The van der Waals surface area contributed by atoms with Crippen molar-refractivity contribution in [2.75, 3.05) is 0 Å². The Labute approximate surface area is 128 Å². The lowest BCUT2D eigenvalue weighted by molar-refractivity contribution is 0.101. The molecule has 5 heteroatoms. The van der Waals surface area contributed by atoms with Gasteiger partial charge in [0.25, 0.3) is 0 Å². The number of fused-ring (bicyclic) bond motifs is 1. The van der Waals surface area contributed by atoms with Gasteiger partial charge in [0, 0.05) is 17.8 Å². The molecule has 2 aromatic rings. The maximum absolute atomic E-state index is 11.6. The molecule has 1 aliphatic rings. The van der Waals surface area contributed by atoms with Crippen LogP contribution in [0.15, 0.2) is 47.6 Å². The molecule has 1 aromatic heterocycles. The second-order valence-electron chi connectivity index (χ2n) is 5.50. The lowest BCUT2D eigenvalue weighted by Crippen LogP contribution is -2.34. The third kappa shape index (κ3) is 2.83. The molecule has 1 aliphatic heterocycles. The molecule has 0 N–H and O–H groups in total. The lowest BCUT2D eigenvalue weighted by Gasteiger charge is -2.29. The second-order valence-corrected chi connectivity index (χ2v) is 5.50. The van der Waals surface area contributed by atoms with Gasteiger partial charge in [-0.25, -0.2) is 9.98 Å². The average molecular weight is 296 g/mol. The molecule has 0 spiro atoms. The summed E-state index contributed by atoms with van der Waals surface area (Å²) in [5.74, 6) is 1.45. The van der Waals surface area contributed by atoms with E-state index in [9.17, 15) is 4.79 Å². The molecule has 0 fully saturated rings. The Kier molecular flexibility index (Phi) is 3.41. The highest BCUT2D eigenvalue weighted by Gasteiger charge is 2.30. The molecule has 0 amide bonds. The van der Waals surface area contributed by atoms with Crippen molar-refractivity contribution in [2.24, 2.45) is 4.99 Å². The standard InChI is InChI=1S/C17H16N2O3/c1-11(20)12-7-8-14-13(10-12)16(19-17(2,3)22-14)21-15-6-4-5-9-18-15/h4-10H,1-3H3. The first-order valence-corrected chi connectivity index (χ1v) is 6.98. The molecule has 2 heterocycles. The van der Waals surface area contributed by atoms with Crippen LogP contribution in [0.5, 0.6) is 11.6 Å². The van der Waals surface area contributed by atoms with Crippen LogP contribution in [0.25, 0.3) is 0 Å². The van der Waals surface area contributed by atoms with Crippen LogP contribution in [0.4, 0.5) is 0 Å². The maximum atomic E-state index is 11.6. The highest BCUT2D eigenvalue weighted by atomic mass is 16.5. The Morgan fingerprint density at radius 2 is 2.05 bits per heavy atom. The van der Waals surface area contributed by atoms with Crippen LogP contribution in [-0.4, -0.2) is 22.4 Å². The molecule has 5 nitrogen and oxygen atoms in total. The zero-order valence-electron chi connectivity index (χ0n) is 12.7. The fraction of sp³-hybridized carbons (Fsp3) is 0.235. The number of benzene rings is 1. The summed E-state index contributed by atoms with van der Waals surface area (Å²) in [6, 6.07) is 10.6. The molecule has 22 heavy (non-hydrogen) atoms. The summed E-state index contributed by atoms with van der Waals surface area (Å²) in [7, 11) is 0. The van der Waals surface area contributed by atoms with Gasteiger partial charge in [-0.2, -0.15) is 0 Å². The SMILES string of the molecule is CC(=O)c1ccc2c(c1)C(Oc1ccccn1)=NC(C)(C)O2. The molecule has 0 radical (unpaired) electrons. The summed E-state index contributed by atoms with van der Waals surface area (Å²) < 4.78 is 11.6. The monoisotopic (exact) mass is 296 g/mol. The third-order valence-electron chi connectivity index (χ3n) is 3.19. The van der Waals surface area contributed by atoms with Crippen LogP contribution in [-0.2, 0) is 0 Å². The second kappa shape index (κ2) is 5.26. The van der Waals surface area contributed by atoms with E-state index in [1.807, 2.05) is 26.0 Å². The molecule has 0 saturated carbocycles. The Bertz CT molecular complexity index is 752. The van der Waals surface area contributed by atoms with E-state index in [0.717, 1.165) is 0 Å². The van der Waals surface area contributed by atoms with Gasteiger partial charge in [-0.1, -0.05) is 6.07 Å². The van der Waals surface area contributed by atoms with Crippen LogP contribution in [0.1, 0.15) is 36.7 Å². The molecule has 0 saturated heterocycles. The summed E-state index contributed by atoms with van der Waals surface area (Å²) in [6.45, 7) is 5.21. The number of nitrogens with zero attached hydrogens (tertiary/aromatic N) is 2. The lowest BCUT2D eigenvalue weighted by atomic mass is 10.1. The van der Waals surface area contributed by atoms with E-state index in [1.165, 1.54) is 6.92 Å². The van der Waals surface area contributed by atoms with Crippen molar-refractivity contribution in [3.05, 3.63) is 53.7 Å². The summed E-state index contributed by atoms with van der Waals surface area (Å²) in [6.07, 6.45) is 1.65. The molecule has 0 atom stereocenters. The van der Waals surface area contributed by atoms with E-state index in [4.69, 9.17) is 9.47 Å². The zero-order chi connectivity index (χ0) is 15.7. The van der Waals surface area contributed by atoms with Crippen molar-refractivity contribution in [3.8, 4) is 11.6 Å². The van der Waals surface area contributed by atoms with Gasteiger partial charge in [0.05, 0.1) is 5.56 Å². The van der Waals surface area contributed by atoms with Crippen molar-refractivity contribution >= 4 is 11.7 Å². The van der Waals surface area contributed by atoms with Gasteiger partial charge in [-0.3, -0.25) is 4.79 Å². The van der Waals surface area contributed by atoms with Gasteiger partial charge in [-0.05, 0) is 45.0 Å². The molecule has 1 aromatic carbocycles. The zero-order valence-corrected chi connectivity index (χ0v) is 12.7. The minimum atomic E-state index is -0.741. The summed E-state index contributed by atoms with van der Waals surface area (Å²) >= 11 is 0. The van der Waals surface area contributed by atoms with E-state index in [0.29, 0.717) is 28.7 Å². The predicted molar refractivity (Wildman–Crippen MR) is 82.6 cm³/mol. The van der Waals surface area contributed by atoms with Gasteiger partial charge >= 0.3 is 0 Å². The first-order valence-electron chi connectivity index (χ1n) is 6.98. The van der Waals surface area contributed by atoms with Crippen LogP contribution >= 0.6 is 0 Å². The van der Waals surface area contributed by atoms with E-state index < -0.39 is 5.72 Å². The Morgan fingerprint density at radius 1 is 1.23 bits per heavy atom. The van der Waals surface area contributed by atoms with Gasteiger partial charge in [0.2, 0.25) is 11.8 Å². The number of Topliss-reactive ketones (excluding diaryl/α,β-unsaturated/α-hetero) is 1. The van der Waals surface area contributed by atoms with E-state index >= 15 is 0 Å². The van der Waals surface area contributed by atoms with Crippen LogP contribution in [0.2, 0.25) is 0 Å². The normalized spacial score (nSPS) is 15.3. The number of ketones is 1. The molecule has 3 rings (SSSR count). The fourth-order valence-corrected chi connectivity index (χ4v) is 2.19. The number of carbonyl (C=O) groups excluding carboxylic acids is 1. The summed E-state index contributed by atoms with van der Waals surface area (Å²) in [5.41, 5.74) is 0.492. The summed E-state index contributed by atoms with van der Waals surface area (Å²) in [5, 5.41) is 0. The quantitative estimate of drug-likeness (QED) is 0.798. The highest BCUT2D eigenvalue weighted by molar-refractivity contribution is 6.02. The largest absolute Gasteiger partial charge is 0.466 e. The molecule has 0 aliphatic carbocycles. The number of aliphatic imine (C=N–C) groups is 1. The average Bonchev–Trinajstić information content (AvgIpc) is 2.46. The summed E-state index contributed by atoms with van der Waals surface area (Å²) in [4.78, 5) is 20.2. The number of rotatable bonds is 2. The van der Waals surface area contributed by atoms with Crippen molar-refractivity contribution in [1.29, 1.82) is 0 Å². The molecule has 0 bridgehead atoms. The number of carbonyl (C=O) groups is 1. The van der Waals surface area contributed by atoms with Crippen LogP contribution in [0.3, 0.4) is 0 Å². The smallest absolute Gasteiger partial charge is 0.231 e. The first kappa shape index (κ1) is 14.3. The number of hydrogen-bond donors (Lipinski definition) is 0. The minimum absolute atomic E-state index is 0.0233. The third-order valence-corrected chi connectivity index (χ3v) is 3.19. The Hall–Kier alpha value is -2.69. The van der Waals surface area contributed by atoms with Crippen molar-refractivity contribution in [2.45, 2.75) is 26.5 Å². The van der Waals surface area contributed by atoms with E-state index in [2.05, 4.69) is 9.98 Å². The van der Waals surface area contributed by atoms with Crippen molar-refractivity contribution < 1.29 is 14.3 Å². The first-order chi connectivity index (χ1) is 10.4. The molecule has 0 unspecified atom stereocenters. The number of pyridine rings is 1. The molecular formula is C17H16N2O3.